The fourth-order valence-corrected chi connectivity index (χ4v) is 3.21. The number of carboxylic acids is 1. The first-order chi connectivity index (χ1) is 7.59. The van der Waals surface area contributed by atoms with Crippen LogP contribution in [0, 0.1) is 0 Å². The lowest BCUT2D eigenvalue weighted by Crippen LogP contribution is -2.40. The van der Waals surface area contributed by atoms with Gasteiger partial charge < -0.3 is 10.0 Å². The largest absolute Gasteiger partial charge is 0.480 e. The van der Waals surface area contributed by atoms with E-state index in [1.165, 1.54) is 16.2 Å². The summed E-state index contributed by atoms with van der Waals surface area (Å²) in [5.74, 6) is -1.10. The van der Waals surface area contributed by atoms with Crippen molar-refractivity contribution in [3.8, 4) is 0 Å². The molecule has 6 heteroatoms. The smallest absolute Gasteiger partial charge is 0.326 e. The van der Waals surface area contributed by atoms with Crippen molar-refractivity contribution in [2.75, 3.05) is 6.54 Å². The number of likely N-dealkylation sites (tertiary alicyclic amines) is 1. The predicted octanol–water partition coefficient (Wildman–Crippen LogP) is 2.20. The van der Waals surface area contributed by atoms with E-state index in [0.717, 1.165) is 10.9 Å². The van der Waals surface area contributed by atoms with Gasteiger partial charge in [0.05, 0.1) is 4.88 Å². The van der Waals surface area contributed by atoms with Gasteiger partial charge in [-0.1, -0.05) is 0 Å². The zero-order valence-corrected chi connectivity index (χ0v) is 10.8. The van der Waals surface area contributed by atoms with Crippen molar-refractivity contribution >= 4 is 39.1 Å². The average molecular weight is 304 g/mol. The van der Waals surface area contributed by atoms with Crippen molar-refractivity contribution in [3.05, 3.63) is 20.8 Å². The van der Waals surface area contributed by atoms with Gasteiger partial charge in [0.1, 0.15) is 6.04 Å². The highest BCUT2D eigenvalue weighted by molar-refractivity contribution is 9.10. The number of rotatable bonds is 2. The second-order valence-electron chi connectivity index (χ2n) is 3.62. The van der Waals surface area contributed by atoms with Gasteiger partial charge >= 0.3 is 5.97 Å². The molecule has 0 aliphatic carbocycles. The van der Waals surface area contributed by atoms with Crippen molar-refractivity contribution < 1.29 is 14.7 Å². The Morgan fingerprint density at radius 2 is 2.31 bits per heavy atom. The number of carbonyl (C=O) groups excluding carboxylic acids is 1. The van der Waals surface area contributed by atoms with Crippen LogP contribution < -0.4 is 0 Å². The summed E-state index contributed by atoms with van der Waals surface area (Å²) in [7, 11) is 0. The standard InChI is InChI=1S/C10H10BrNO3S/c11-6-4-8(16-5-6)9(13)12-3-1-2-7(12)10(14)15/h4-5,7H,1-3H2,(H,14,15)/t7-/m0/s1. The summed E-state index contributed by atoms with van der Waals surface area (Å²) in [6.07, 6.45) is 1.31. The van der Waals surface area contributed by atoms with Gasteiger partial charge in [0.15, 0.2) is 0 Å². The van der Waals surface area contributed by atoms with E-state index in [0.29, 0.717) is 17.8 Å². The van der Waals surface area contributed by atoms with E-state index in [1.807, 2.05) is 5.38 Å². The van der Waals surface area contributed by atoms with Gasteiger partial charge in [-0.2, -0.15) is 0 Å². The summed E-state index contributed by atoms with van der Waals surface area (Å²) < 4.78 is 0.854. The molecule has 1 aromatic rings. The maximum absolute atomic E-state index is 12.0. The fourth-order valence-electron chi connectivity index (χ4n) is 1.83. The lowest BCUT2D eigenvalue weighted by Gasteiger charge is -2.20. The molecule has 1 aliphatic rings. The lowest BCUT2D eigenvalue weighted by atomic mass is 10.2. The van der Waals surface area contributed by atoms with Crippen LogP contribution in [-0.4, -0.2) is 34.5 Å². The van der Waals surface area contributed by atoms with Crippen molar-refractivity contribution in [1.29, 1.82) is 0 Å². The maximum Gasteiger partial charge on any atom is 0.326 e. The van der Waals surface area contributed by atoms with E-state index in [1.54, 1.807) is 6.07 Å². The Morgan fingerprint density at radius 1 is 1.56 bits per heavy atom. The minimum absolute atomic E-state index is 0.180. The van der Waals surface area contributed by atoms with Crippen molar-refractivity contribution in [3.63, 3.8) is 0 Å². The van der Waals surface area contributed by atoms with E-state index >= 15 is 0 Å². The Hall–Kier alpha value is -0.880. The second kappa shape index (κ2) is 4.55. The Morgan fingerprint density at radius 3 is 2.88 bits per heavy atom. The van der Waals surface area contributed by atoms with E-state index in [4.69, 9.17) is 5.11 Å². The first-order valence-electron chi connectivity index (χ1n) is 4.87. The minimum atomic E-state index is -0.915. The summed E-state index contributed by atoms with van der Waals surface area (Å²) in [4.78, 5) is 25.0. The van der Waals surface area contributed by atoms with Crippen LogP contribution in [0.1, 0.15) is 22.5 Å². The zero-order valence-electron chi connectivity index (χ0n) is 8.35. The van der Waals surface area contributed by atoms with Gasteiger partial charge in [-0.05, 0) is 34.8 Å². The number of nitrogens with zero attached hydrogens (tertiary/aromatic N) is 1. The summed E-state index contributed by atoms with van der Waals surface area (Å²) in [6.45, 7) is 0.533. The van der Waals surface area contributed by atoms with Crippen LogP contribution in [0.3, 0.4) is 0 Å². The number of carbonyl (C=O) groups is 2. The van der Waals surface area contributed by atoms with Crippen molar-refractivity contribution in [1.82, 2.24) is 4.90 Å². The third-order valence-corrected chi connectivity index (χ3v) is 4.26. The number of amides is 1. The first-order valence-corrected chi connectivity index (χ1v) is 6.54. The maximum atomic E-state index is 12.0. The molecule has 0 radical (unpaired) electrons. The van der Waals surface area contributed by atoms with E-state index in [9.17, 15) is 9.59 Å². The molecule has 1 amide bonds. The van der Waals surface area contributed by atoms with Crippen molar-refractivity contribution in [2.24, 2.45) is 0 Å². The van der Waals surface area contributed by atoms with Crippen molar-refractivity contribution in [2.45, 2.75) is 18.9 Å². The highest BCUT2D eigenvalue weighted by Gasteiger charge is 2.34. The summed E-state index contributed by atoms with van der Waals surface area (Å²) >= 11 is 4.60. The summed E-state index contributed by atoms with van der Waals surface area (Å²) in [6, 6.07) is 1.07. The number of hydrogen-bond donors (Lipinski definition) is 1. The molecule has 16 heavy (non-hydrogen) atoms. The third-order valence-electron chi connectivity index (χ3n) is 2.58. The normalized spacial score (nSPS) is 20.1. The van der Waals surface area contributed by atoms with Crippen LogP contribution in [0.4, 0.5) is 0 Å². The first kappa shape index (κ1) is 11.6. The minimum Gasteiger partial charge on any atom is -0.480 e. The van der Waals surface area contributed by atoms with Gasteiger partial charge in [-0.3, -0.25) is 4.79 Å². The fraction of sp³-hybridized carbons (Fsp3) is 0.400. The quantitative estimate of drug-likeness (QED) is 0.911. The molecule has 1 atom stereocenters. The Bertz CT molecular complexity index is 431. The van der Waals surface area contributed by atoms with Crippen LogP contribution in [0.15, 0.2) is 15.9 Å². The molecule has 0 bridgehead atoms. The van der Waals surface area contributed by atoms with Gasteiger partial charge in [0.2, 0.25) is 0 Å². The monoisotopic (exact) mass is 303 g/mol. The second-order valence-corrected chi connectivity index (χ2v) is 5.45. The van der Waals surface area contributed by atoms with Gasteiger partial charge in [0, 0.05) is 16.4 Å². The topological polar surface area (TPSA) is 57.6 Å². The highest BCUT2D eigenvalue weighted by Crippen LogP contribution is 2.25. The van der Waals surface area contributed by atoms with Gasteiger partial charge in [-0.15, -0.1) is 11.3 Å². The number of halogens is 1. The molecule has 0 saturated carbocycles. The molecular formula is C10H10BrNO3S. The van der Waals surface area contributed by atoms with Crippen LogP contribution in [0.5, 0.6) is 0 Å². The molecule has 1 fully saturated rings. The molecule has 1 saturated heterocycles. The van der Waals surface area contributed by atoms with Gasteiger partial charge in [-0.25, -0.2) is 4.79 Å². The Kier molecular flexibility index (Phi) is 3.30. The Labute approximate surface area is 105 Å². The molecule has 2 heterocycles. The van der Waals surface area contributed by atoms with Crippen LogP contribution in [0.2, 0.25) is 0 Å². The highest BCUT2D eigenvalue weighted by atomic mass is 79.9. The lowest BCUT2D eigenvalue weighted by molar-refractivity contribution is -0.141. The van der Waals surface area contributed by atoms with Crippen LogP contribution in [-0.2, 0) is 4.79 Å². The molecule has 86 valence electrons. The number of hydrogen-bond acceptors (Lipinski definition) is 3. The molecule has 0 aromatic carbocycles. The summed E-state index contributed by atoms with van der Waals surface area (Å²) in [5.41, 5.74) is 0. The zero-order chi connectivity index (χ0) is 11.7. The van der Waals surface area contributed by atoms with Crippen LogP contribution in [0.25, 0.3) is 0 Å². The molecular weight excluding hydrogens is 294 g/mol. The predicted molar refractivity (Wildman–Crippen MR) is 63.7 cm³/mol. The molecule has 1 N–H and O–H groups in total. The number of carboxylic acid groups (broad SMARTS) is 1. The van der Waals surface area contributed by atoms with E-state index in [-0.39, 0.29) is 5.91 Å². The van der Waals surface area contributed by atoms with Gasteiger partial charge in [0.25, 0.3) is 5.91 Å². The van der Waals surface area contributed by atoms with E-state index < -0.39 is 12.0 Å². The molecule has 0 spiro atoms. The Balaban J connectivity index is 2.18. The average Bonchev–Trinajstić information content (AvgIpc) is 2.84. The molecule has 1 aromatic heterocycles. The number of aliphatic carboxylic acids is 1. The summed E-state index contributed by atoms with van der Waals surface area (Å²) in [5, 5.41) is 10.8. The number of thiophene rings is 1. The SMILES string of the molecule is O=C(O)[C@@H]1CCCN1C(=O)c1cc(Br)cs1. The third kappa shape index (κ3) is 2.12. The molecule has 4 nitrogen and oxygen atoms in total. The molecule has 1 aliphatic heterocycles. The van der Waals surface area contributed by atoms with Crippen LogP contribution >= 0.6 is 27.3 Å². The molecule has 2 rings (SSSR count). The van der Waals surface area contributed by atoms with E-state index in [2.05, 4.69) is 15.9 Å². The molecule has 0 unspecified atom stereocenters.